The lowest BCUT2D eigenvalue weighted by Gasteiger charge is -2.33. The highest BCUT2D eigenvalue weighted by atomic mass is 35.5. The Morgan fingerprint density at radius 1 is 1.24 bits per heavy atom. The summed E-state index contributed by atoms with van der Waals surface area (Å²) in [6, 6.07) is 1.40. The molecule has 7 heteroatoms. The third-order valence-electron chi connectivity index (χ3n) is 4.63. The normalized spacial score (nSPS) is 32.5. The summed E-state index contributed by atoms with van der Waals surface area (Å²) in [7, 11) is 0. The second kappa shape index (κ2) is 9.46. The maximum absolute atomic E-state index is 12.2. The number of carbonyl (C=O) groups is 1. The van der Waals surface area contributed by atoms with Crippen LogP contribution in [0.5, 0.6) is 0 Å². The zero-order chi connectivity index (χ0) is 13.1. The summed E-state index contributed by atoms with van der Waals surface area (Å²) in [5.41, 5.74) is 0. The summed E-state index contributed by atoms with van der Waals surface area (Å²) in [5.74, 6) is 2.50. The van der Waals surface area contributed by atoms with Crippen LogP contribution in [0.1, 0.15) is 32.1 Å². The molecular weight excluding hydrogens is 329 g/mol. The summed E-state index contributed by atoms with van der Waals surface area (Å²) in [6.07, 6.45) is 5.72. The number of nitrogens with zero attached hydrogens (tertiary/aromatic N) is 1. The van der Waals surface area contributed by atoms with Crippen molar-refractivity contribution in [2.75, 3.05) is 31.1 Å². The van der Waals surface area contributed by atoms with Crippen LogP contribution in [-0.4, -0.2) is 60.1 Å². The molecule has 3 aliphatic heterocycles. The predicted octanol–water partition coefficient (Wildman–Crippen LogP) is 1.67. The summed E-state index contributed by atoms with van der Waals surface area (Å²) in [6.45, 7) is 3.45. The molecule has 0 saturated carbocycles. The van der Waals surface area contributed by atoms with Crippen LogP contribution in [0.2, 0.25) is 0 Å². The smallest absolute Gasteiger partial charge is 0.221 e. The van der Waals surface area contributed by atoms with Crippen molar-refractivity contribution in [3.63, 3.8) is 0 Å². The quantitative estimate of drug-likeness (QED) is 0.808. The van der Waals surface area contributed by atoms with Gasteiger partial charge in [0.15, 0.2) is 0 Å². The van der Waals surface area contributed by atoms with Gasteiger partial charge in [0.2, 0.25) is 5.91 Å². The summed E-state index contributed by atoms with van der Waals surface area (Å²) >= 11 is 1.96. The van der Waals surface area contributed by atoms with Crippen LogP contribution in [0.25, 0.3) is 0 Å². The third-order valence-corrected chi connectivity index (χ3v) is 5.76. The lowest BCUT2D eigenvalue weighted by Crippen LogP contribution is -2.48. The van der Waals surface area contributed by atoms with Crippen LogP contribution in [0.4, 0.5) is 0 Å². The highest BCUT2D eigenvalue weighted by Gasteiger charge is 2.36. The van der Waals surface area contributed by atoms with Crippen LogP contribution in [-0.2, 0) is 4.79 Å². The first kappa shape index (κ1) is 19.4. The Balaban J connectivity index is 0.00000110. The first-order chi connectivity index (χ1) is 9.33. The average molecular weight is 356 g/mol. The van der Waals surface area contributed by atoms with Gasteiger partial charge in [0.25, 0.3) is 0 Å². The number of thioether (sulfide) groups is 1. The lowest BCUT2D eigenvalue weighted by molar-refractivity contribution is -0.122. The van der Waals surface area contributed by atoms with Crippen molar-refractivity contribution in [3.05, 3.63) is 0 Å². The van der Waals surface area contributed by atoms with Crippen molar-refractivity contribution in [1.29, 1.82) is 0 Å². The molecule has 21 heavy (non-hydrogen) atoms. The molecule has 3 aliphatic rings. The van der Waals surface area contributed by atoms with Gasteiger partial charge in [-0.05, 0) is 25.8 Å². The number of hydrogen-bond donors (Lipinski definition) is 2. The molecule has 3 atom stereocenters. The predicted molar refractivity (Wildman–Crippen MR) is 94.0 cm³/mol. The van der Waals surface area contributed by atoms with Gasteiger partial charge in [0, 0.05) is 49.1 Å². The minimum Gasteiger partial charge on any atom is -0.352 e. The molecule has 0 spiro atoms. The molecule has 0 aliphatic carbocycles. The Labute approximate surface area is 144 Å². The van der Waals surface area contributed by atoms with Crippen LogP contribution >= 0.6 is 36.6 Å². The molecular formula is C14H27Cl2N3OS. The van der Waals surface area contributed by atoms with Gasteiger partial charge in [0.05, 0.1) is 0 Å². The molecule has 0 aromatic rings. The van der Waals surface area contributed by atoms with Gasteiger partial charge in [-0.1, -0.05) is 6.42 Å². The van der Waals surface area contributed by atoms with Crippen molar-refractivity contribution >= 4 is 42.5 Å². The number of fused-ring (bicyclic) bond motifs is 1. The van der Waals surface area contributed by atoms with Crippen molar-refractivity contribution in [2.24, 2.45) is 0 Å². The van der Waals surface area contributed by atoms with Crippen LogP contribution < -0.4 is 10.6 Å². The standard InChI is InChI=1S/C14H25N3OS.2ClH/c18-14(9-11-10-19-8-5-15-11)16-12-4-7-17-6-2-1-3-13(12)17;;/h11-13,15H,1-10H2,(H,16,18);2*1H. The van der Waals surface area contributed by atoms with Gasteiger partial charge < -0.3 is 10.6 Å². The van der Waals surface area contributed by atoms with Gasteiger partial charge >= 0.3 is 0 Å². The van der Waals surface area contributed by atoms with Gasteiger partial charge in [-0.3, -0.25) is 9.69 Å². The molecule has 0 aromatic carbocycles. The number of halogens is 2. The molecule has 0 radical (unpaired) electrons. The van der Waals surface area contributed by atoms with Crippen LogP contribution in [0, 0.1) is 0 Å². The number of carbonyl (C=O) groups excluding carboxylic acids is 1. The zero-order valence-electron chi connectivity index (χ0n) is 12.4. The number of rotatable bonds is 3. The molecule has 0 bridgehead atoms. The Morgan fingerprint density at radius 2 is 2.10 bits per heavy atom. The Kier molecular flexibility index (Phi) is 8.72. The Hall–Kier alpha value is 0.320. The zero-order valence-corrected chi connectivity index (χ0v) is 14.8. The maximum atomic E-state index is 12.2. The molecule has 3 heterocycles. The first-order valence-electron chi connectivity index (χ1n) is 7.67. The van der Waals surface area contributed by atoms with Crippen molar-refractivity contribution in [3.8, 4) is 0 Å². The second-order valence-corrected chi connectivity index (χ2v) is 7.14. The molecule has 3 saturated heterocycles. The van der Waals surface area contributed by atoms with E-state index in [0.29, 0.717) is 24.5 Å². The van der Waals surface area contributed by atoms with Crippen molar-refractivity contribution in [2.45, 2.75) is 50.2 Å². The number of nitrogens with one attached hydrogen (secondary N) is 2. The molecule has 3 fully saturated rings. The van der Waals surface area contributed by atoms with E-state index in [4.69, 9.17) is 0 Å². The molecule has 2 N–H and O–H groups in total. The maximum Gasteiger partial charge on any atom is 0.221 e. The van der Waals surface area contributed by atoms with E-state index in [1.807, 2.05) is 11.8 Å². The van der Waals surface area contributed by atoms with Crippen LogP contribution in [0.15, 0.2) is 0 Å². The van der Waals surface area contributed by atoms with E-state index in [2.05, 4.69) is 15.5 Å². The Morgan fingerprint density at radius 3 is 2.86 bits per heavy atom. The van der Waals surface area contributed by atoms with Gasteiger partial charge in [-0.15, -0.1) is 24.8 Å². The summed E-state index contributed by atoms with van der Waals surface area (Å²) < 4.78 is 0. The number of amides is 1. The largest absolute Gasteiger partial charge is 0.352 e. The van der Waals surface area contributed by atoms with E-state index in [1.54, 1.807) is 0 Å². The van der Waals surface area contributed by atoms with Gasteiger partial charge in [0.1, 0.15) is 0 Å². The fourth-order valence-corrected chi connectivity index (χ4v) is 4.61. The van der Waals surface area contributed by atoms with E-state index in [1.165, 1.54) is 38.1 Å². The van der Waals surface area contributed by atoms with E-state index in [-0.39, 0.29) is 30.7 Å². The summed E-state index contributed by atoms with van der Waals surface area (Å²) in [4.78, 5) is 14.7. The monoisotopic (exact) mass is 355 g/mol. The molecule has 4 nitrogen and oxygen atoms in total. The first-order valence-corrected chi connectivity index (χ1v) is 8.83. The number of piperidine rings is 1. The van der Waals surface area contributed by atoms with Gasteiger partial charge in [-0.2, -0.15) is 11.8 Å². The van der Waals surface area contributed by atoms with E-state index < -0.39 is 0 Å². The third kappa shape index (κ3) is 5.17. The molecule has 124 valence electrons. The fourth-order valence-electron chi connectivity index (χ4n) is 3.66. The van der Waals surface area contributed by atoms with Crippen molar-refractivity contribution < 1.29 is 4.79 Å². The fraction of sp³-hybridized carbons (Fsp3) is 0.929. The molecule has 0 aromatic heterocycles. The minimum atomic E-state index is 0. The lowest BCUT2D eigenvalue weighted by atomic mass is 9.99. The minimum absolute atomic E-state index is 0. The summed E-state index contributed by atoms with van der Waals surface area (Å²) in [5, 5.41) is 6.73. The molecule has 1 amide bonds. The topological polar surface area (TPSA) is 44.4 Å². The highest BCUT2D eigenvalue weighted by Crippen LogP contribution is 2.27. The van der Waals surface area contributed by atoms with Crippen LogP contribution in [0.3, 0.4) is 0 Å². The second-order valence-electron chi connectivity index (χ2n) is 5.99. The molecule has 3 unspecified atom stereocenters. The highest BCUT2D eigenvalue weighted by molar-refractivity contribution is 7.99. The van der Waals surface area contributed by atoms with Crippen molar-refractivity contribution in [1.82, 2.24) is 15.5 Å². The SMILES string of the molecule is Cl.Cl.O=C(CC1CSCCN1)NC1CCN2CCCCC12. The van der Waals surface area contributed by atoms with E-state index in [0.717, 1.165) is 18.7 Å². The van der Waals surface area contributed by atoms with Gasteiger partial charge in [-0.25, -0.2) is 0 Å². The van der Waals surface area contributed by atoms with E-state index >= 15 is 0 Å². The van der Waals surface area contributed by atoms with E-state index in [9.17, 15) is 4.79 Å². The Bertz CT molecular complexity index is 329. The average Bonchev–Trinajstić information content (AvgIpc) is 2.83. The number of hydrogen-bond acceptors (Lipinski definition) is 4. The molecule has 3 rings (SSSR count).